The van der Waals surface area contributed by atoms with Gasteiger partial charge in [-0.2, -0.15) is 0 Å². The molecule has 0 heterocycles. The molecular formula is C31H32OP+. The molecule has 0 saturated heterocycles. The second-order valence-electron chi connectivity index (χ2n) is 8.67. The van der Waals surface area contributed by atoms with Gasteiger partial charge < -0.3 is 0 Å². The van der Waals surface area contributed by atoms with E-state index in [0.717, 1.165) is 6.42 Å². The molecule has 4 aromatic carbocycles. The molecule has 166 valence electrons. The van der Waals surface area contributed by atoms with Gasteiger partial charge in [0.25, 0.3) is 0 Å². The average Bonchev–Trinajstić information content (AvgIpc) is 2.86. The van der Waals surface area contributed by atoms with Gasteiger partial charge in [-0.3, -0.25) is 4.79 Å². The van der Waals surface area contributed by atoms with E-state index in [4.69, 9.17) is 0 Å². The van der Waals surface area contributed by atoms with Crippen LogP contribution >= 0.6 is 7.26 Å². The quantitative estimate of drug-likeness (QED) is 0.292. The molecule has 0 N–H and O–H groups in total. The Labute approximate surface area is 198 Å². The Morgan fingerprint density at radius 2 is 1.03 bits per heavy atom. The van der Waals surface area contributed by atoms with E-state index < -0.39 is 7.26 Å². The Hall–Kier alpha value is -3.02. The largest absolute Gasteiger partial charge is 0.295 e. The molecule has 4 aromatic rings. The molecule has 0 bridgehead atoms. The smallest absolute Gasteiger partial charge is 0.178 e. The van der Waals surface area contributed by atoms with Gasteiger partial charge in [0, 0.05) is 6.42 Å². The first-order chi connectivity index (χ1) is 16.1. The number of rotatable bonds is 8. The first-order valence-corrected chi connectivity index (χ1v) is 13.6. The minimum Gasteiger partial charge on any atom is -0.295 e. The zero-order valence-corrected chi connectivity index (χ0v) is 20.6. The van der Waals surface area contributed by atoms with Crippen LogP contribution in [0.2, 0.25) is 0 Å². The number of hydrogen-bond acceptors (Lipinski definition) is 1. The monoisotopic (exact) mass is 451 g/mol. The SMILES string of the molecule is CCC(C(=O)Cc1c(C)cccc1C)[P+](c1ccccc1)(c1ccccc1)c1ccccc1. The van der Waals surface area contributed by atoms with Crippen molar-refractivity contribution in [2.75, 3.05) is 0 Å². The summed E-state index contributed by atoms with van der Waals surface area (Å²) in [4.78, 5) is 14.2. The zero-order valence-electron chi connectivity index (χ0n) is 19.7. The summed E-state index contributed by atoms with van der Waals surface area (Å²) in [5.41, 5.74) is 3.47. The highest BCUT2D eigenvalue weighted by Gasteiger charge is 2.54. The molecule has 0 aliphatic rings. The van der Waals surface area contributed by atoms with E-state index in [1.165, 1.54) is 32.6 Å². The summed E-state index contributed by atoms with van der Waals surface area (Å²) < 4.78 is 0. The van der Waals surface area contributed by atoms with E-state index in [-0.39, 0.29) is 5.66 Å². The third-order valence-electron chi connectivity index (χ3n) is 6.71. The number of carbonyl (C=O) groups excluding carboxylic acids is 1. The number of ketones is 1. The van der Waals surface area contributed by atoms with Gasteiger partial charge in [-0.25, -0.2) is 0 Å². The van der Waals surface area contributed by atoms with Crippen molar-refractivity contribution in [3.63, 3.8) is 0 Å². The van der Waals surface area contributed by atoms with Gasteiger partial charge in [0.1, 0.15) is 28.8 Å². The summed E-state index contributed by atoms with van der Waals surface area (Å²) in [5, 5.41) is 3.80. The van der Waals surface area contributed by atoms with Crippen molar-refractivity contribution in [3.8, 4) is 0 Å². The Bertz CT molecular complexity index is 1080. The molecule has 0 aromatic heterocycles. The van der Waals surface area contributed by atoms with E-state index in [1.54, 1.807) is 0 Å². The normalized spacial score (nSPS) is 12.3. The van der Waals surface area contributed by atoms with Crippen LogP contribution in [0.25, 0.3) is 0 Å². The van der Waals surface area contributed by atoms with E-state index in [1.807, 2.05) is 0 Å². The molecule has 0 fully saturated rings. The Morgan fingerprint density at radius 3 is 1.39 bits per heavy atom. The summed E-state index contributed by atoms with van der Waals surface area (Å²) >= 11 is 0. The van der Waals surface area contributed by atoms with Crippen molar-refractivity contribution < 1.29 is 4.79 Å². The van der Waals surface area contributed by atoms with Crippen LogP contribution in [-0.2, 0) is 11.2 Å². The molecule has 2 heteroatoms. The average molecular weight is 452 g/mol. The lowest BCUT2D eigenvalue weighted by molar-refractivity contribution is -0.118. The number of aryl methyl sites for hydroxylation is 2. The van der Waals surface area contributed by atoms with Crippen molar-refractivity contribution >= 4 is 29.0 Å². The molecule has 0 saturated carbocycles. The number of carbonyl (C=O) groups is 1. The summed E-state index contributed by atoms with van der Waals surface area (Å²) in [6, 6.07) is 38.5. The summed E-state index contributed by atoms with van der Waals surface area (Å²) in [5.74, 6) is 0.333. The topological polar surface area (TPSA) is 17.1 Å². The van der Waals surface area contributed by atoms with Crippen LogP contribution in [0, 0.1) is 13.8 Å². The third kappa shape index (κ3) is 4.43. The molecule has 0 spiro atoms. The molecule has 0 aliphatic heterocycles. The summed E-state index contributed by atoms with van der Waals surface area (Å²) in [6.45, 7) is 6.41. The molecule has 0 radical (unpaired) electrons. The van der Waals surface area contributed by atoms with Gasteiger partial charge in [-0.05, 0) is 73.4 Å². The number of Topliss-reactive ketones (excluding diaryl/α,β-unsaturated/α-hetero) is 1. The number of benzene rings is 4. The Kier molecular flexibility index (Phi) is 7.21. The van der Waals surface area contributed by atoms with Gasteiger partial charge in [0.05, 0.1) is 0 Å². The minimum absolute atomic E-state index is 0.0938. The first kappa shape index (κ1) is 23.1. The second-order valence-corrected chi connectivity index (χ2v) is 12.3. The van der Waals surface area contributed by atoms with Gasteiger partial charge in [0.2, 0.25) is 0 Å². The van der Waals surface area contributed by atoms with E-state index in [9.17, 15) is 4.79 Å². The molecule has 0 amide bonds. The van der Waals surface area contributed by atoms with Crippen molar-refractivity contribution in [1.29, 1.82) is 0 Å². The highest BCUT2D eigenvalue weighted by atomic mass is 31.2. The fraction of sp³-hybridized carbons (Fsp3) is 0.194. The molecule has 0 aliphatic carbocycles. The van der Waals surface area contributed by atoms with E-state index >= 15 is 0 Å². The van der Waals surface area contributed by atoms with Crippen LogP contribution in [0.5, 0.6) is 0 Å². The highest BCUT2D eigenvalue weighted by molar-refractivity contribution is 7.96. The van der Waals surface area contributed by atoms with Gasteiger partial charge in [0.15, 0.2) is 5.78 Å². The third-order valence-corrected chi connectivity index (χ3v) is 11.6. The maximum Gasteiger partial charge on any atom is 0.178 e. The fourth-order valence-electron chi connectivity index (χ4n) is 5.11. The number of hydrogen-bond donors (Lipinski definition) is 0. The van der Waals surface area contributed by atoms with Crippen LogP contribution in [0.3, 0.4) is 0 Å². The Balaban J connectivity index is 1.96. The predicted molar refractivity (Wildman–Crippen MR) is 144 cm³/mol. The fourth-order valence-corrected chi connectivity index (χ4v) is 10.1. The van der Waals surface area contributed by atoms with E-state index in [0.29, 0.717) is 12.2 Å². The van der Waals surface area contributed by atoms with Crippen molar-refractivity contribution in [2.45, 2.75) is 39.3 Å². The summed E-state index contributed by atoms with van der Waals surface area (Å²) in [6.07, 6.45) is 1.28. The molecule has 1 unspecified atom stereocenters. The molecule has 4 rings (SSSR count). The summed E-state index contributed by atoms with van der Waals surface area (Å²) in [7, 11) is -2.24. The molecular weight excluding hydrogens is 419 g/mol. The second kappa shape index (κ2) is 10.3. The maximum atomic E-state index is 14.2. The van der Waals surface area contributed by atoms with Gasteiger partial charge >= 0.3 is 0 Å². The lowest BCUT2D eigenvalue weighted by Crippen LogP contribution is -2.42. The molecule has 1 nitrogen and oxygen atoms in total. The first-order valence-electron chi connectivity index (χ1n) is 11.7. The van der Waals surface area contributed by atoms with Crippen molar-refractivity contribution in [2.24, 2.45) is 0 Å². The maximum absolute atomic E-state index is 14.2. The Morgan fingerprint density at radius 1 is 0.636 bits per heavy atom. The lowest BCUT2D eigenvalue weighted by atomic mass is 9.97. The standard InChI is InChI=1S/C31H32OP/c1-4-31(30(32)23-29-24(2)15-14-16-25(29)3)33(26-17-8-5-9-18-26,27-19-10-6-11-20-27)28-21-12-7-13-22-28/h5-22,31H,4,23H2,1-3H3/q+1. The highest BCUT2D eigenvalue weighted by Crippen LogP contribution is 2.61. The van der Waals surface area contributed by atoms with Crippen LogP contribution in [0.15, 0.2) is 109 Å². The lowest BCUT2D eigenvalue weighted by Gasteiger charge is -2.33. The van der Waals surface area contributed by atoms with E-state index in [2.05, 4.69) is 130 Å². The van der Waals surface area contributed by atoms with Crippen LogP contribution in [0.1, 0.15) is 30.0 Å². The molecule has 33 heavy (non-hydrogen) atoms. The van der Waals surface area contributed by atoms with Crippen LogP contribution in [0.4, 0.5) is 0 Å². The molecule has 1 atom stereocenters. The van der Waals surface area contributed by atoms with Crippen molar-refractivity contribution in [1.82, 2.24) is 0 Å². The van der Waals surface area contributed by atoms with Crippen LogP contribution in [-0.4, -0.2) is 11.4 Å². The van der Waals surface area contributed by atoms with Gasteiger partial charge in [-0.1, -0.05) is 79.7 Å². The van der Waals surface area contributed by atoms with Crippen molar-refractivity contribution in [3.05, 3.63) is 126 Å². The van der Waals surface area contributed by atoms with Crippen LogP contribution < -0.4 is 15.9 Å². The minimum atomic E-state index is -2.24. The predicted octanol–water partition coefficient (Wildman–Crippen LogP) is 6.19. The van der Waals surface area contributed by atoms with Gasteiger partial charge in [-0.15, -0.1) is 0 Å². The zero-order chi connectivity index (χ0) is 23.3.